The summed E-state index contributed by atoms with van der Waals surface area (Å²) in [7, 11) is 0. The van der Waals surface area contributed by atoms with Crippen molar-refractivity contribution in [1.82, 2.24) is 0 Å². The standard InChI is InChI=1S/C13H17FO2S/c14-10-6-3-4-8-12(10)17-9-5-1-2-7-11-13(15)16-11/h3-4,6,8,11,13,15H,1-2,5,7,9H2/t11?,13-/m1/s1. The first-order valence-corrected chi connectivity index (χ1v) is 6.97. The lowest BCUT2D eigenvalue weighted by Crippen LogP contribution is -1.92. The van der Waals surface area contributed by atoms with Gasteiger partial charge < -0.3 is 9.84 Å². The predicted octanol–water partition coefficient (Wildman–Crippen LogP) is 3.20. The molecular weight excluding hydrogens is 239 g/mol. The molecule has 0 bridgehead atoms. The summed E-state index contributed by atoms with van der Waals surface area (Å²) in [4.78, 5) is 0.730. The van der Waals surface area contributed by atoms with Gasteiger partial charge in [0.2, 0.25) is 0 Å². The number of benzene rings is 1. The van der Waals surface area contributed by atoms with Crippen molar-refractivity contribution in [1.29, 1.82) is 0 Å². The van der Waals surface area contributed by atoms with Gasteiger partial charge in [-0.15, -0.1) is 11.8 Å². The minimum atomic E-state index is -0.511. The van der Waals surface area contributed by atoms with Crippen LogP contribution in [0.3, 0.4) is 0 Å². The Kier molecular flexibility index (Phi) is 4.83. The Hall–Kier alpha value is -0.580. The zero-order chi connectivity index (χ0) is 12.1. The Morgan fingerprint density at radius 3 is 2.71 bits per heavy atom. The van der Waals surface area contributed by atoms with Crippen LogP contribution in [-0.2, 0) is 4.74 Å². The SMILES string of the molecule is O[C@@H]1OC1CCCCCSc1ccccc1F. The summed E-state index contributed by atoms with van der Waals surface area (Å²) in [5.41, 5.74) is 0. The third kappa shape index (κ3) is 4.30. The molecule has 0 radical (unpaired) electrons. The molecule has 1 aromatic carbocycles. The number of halogens is 1. The van der Waals surface area contributed by atoms with Crippen LogP contribution in [0.25, 0.3) is 0 Å². The predicted molar refractivity (Wildman–Crippen MR) is 66.5 cm³/mol. The van der Waals surface area contributed by atoms with Crippen LogP contribution in [0, 0.1) is 5.82 Å². The molecule has 1 saturated heterocycles. The Bertz CT molecular complexity index is 359. The highest BCUT2D eigenvalue weighted by atomic mass is 32.2. The summed E-state index contributed by atoms with van der Waals surface area (Å²) in [5.74, 6) is 0.807. The second-order valence-corrected chi connectivity index (χ2v) is 5.33. The third-order valence-corrected chi connectivity index (χ3v) is 3.92. The molecule has 0 amide bonds. The van der Waals surface area contributed by atoms with Gasteiger partial charge in [-0.1, -0.05) is 25.0 Å². The van der Waals surface area contributed by atoms with Crippen molar-refractivity contribution < 1.29 is 14.2 Å². The van der Waals surface area contributed by atoms with Gasteiger partial charge in [0.1, 0.15) is 11.9 Å². The zero-order valence-corrected chi connectivity index (χ0v) is 10.5. The molecule has 1 fully saturated rings. The molecule has 0 saturated carbocycles. The van der Waals surface area contributed by atoms with Gasteiger partial charge >= 0.3 is 0 Å². The summed E-state index contributed by atoms with van der Waals surface area (Å²) >= 11 is 1.57. The normalized spacial score (nSPS) is 22.7. The minimum absolute atomic E-state index is 0.0780. The molecule has 0 aliphatic carbocycles. The van der Waals surface area contributed by atoms with E-state index < -0.39 is 6.29 Å². The molecule has 17 heavy (non-hydrogen) atoms. The third-order valence-electron chi connectivity index (χ3n) is 2.78. The summed E-state index contributed by atoms with van der Waals surface area (Å²) in [6.07, 6.45) is 3.75. The number of unbranched alkanes of at least 4 members (excludes halogenated alkanes) is 2. The number of ether oxygens (including phenoxy) is 1. The van der Waals surface area contributed by atoms with Crippen LogP contribution < -0.4 is 0 Å². The highest BCUT2D eigenvalue weighted by Gasteiger charge is 2.35. The topological polar surface area (TPSA) is 32.8 Å². The van der Waals surface area contributed by atoms with Crippen LogP contribution in [0.4, 0.5) is 4.39 Å². The van der Waals surface area contributed by atoms with Crippen molar-refractivity contribution in [3.05, 3.63) is 30.1 Å². The summed E-state index contributed by atoms with van der Waals surface area (Å²) in [6, 6.07) is 6.88. The highest BCUT2D eigenvalue weighted by molar-refractivity contribution is 7.99. The van der Waals surface area contributed by atoms with Crippen LogP contribution in [0.1, 0.15) is 25.7 Å². The minimum Gasteiger partial charge on any atom is -0.366 e. The summed E-state index contributed by atoms with van der Waals surface area (Å²) < 4.78 is 18.2. The van der Waals surface area contributed by atoms with Gasteiger partial charge in [0.25, 0.3) is 0 Å². The largest absolute Gasteiger partial charge is 0.366 e. The van der Waals surface area contributed by atoms with E-state index >= 15 is 0 Å². The molecule has 1 unspecified atom stereocenters. The second kappa shape index (κ2) is 6.38. The molecule has 0 aromatic heterocycles. The van der Waals surface area contributed by atoms with Crippen molar-refractivity contribution in [2.45, 2.75) is 43.0 Å². The summed E-state index contributed by atoms with van der Waals surface area (Å²) in [6.45, 7) is 0. The molecule has 1 aliphatic heterocycles. The fraction of sp³-hybridized carbons (Fsp3) is 0.538. The molecule has 1 heterocycles. The van der Waals surface area contributed by atoms with Gasteiger partial charge in [0.15, 0.2) is 6.29 Å². The van der Waals surface area contributed by atoms with Crippen molar-refractivity contribution in [3.8, 4) is 0 Å². The van der Waals surface area contributed by atoms with Crippen molar-refractivity contribution >= 4 is 11.8 Å². The average molecular weight is 256 g/mol. The van der Waals surface area contributed by atoms with E-state index in [4.69, 9.17) is 9.84 Å². The first kappa shape index (κ1) is 12.9. The number of hydrogen-bond acceptors (Lipinski definition) is 3. The second-order valence-electron chi connectivity index (χ2n) is 4.19. The molecule has 2 rings (SSSR count). The van der Waals surface area contributed by atoms with Gasteiger partial charge in [0.05, 0.1) is 0 Å². The van der Waals surface area contributed by atoms with Gasteiger partial charge in [-0.2, -0.15) is 0 Å². The maximum absolute atomic E-state index is 13.3. The van der Waals surface area contributed by atoms with E-state index in [-0.39, 0.29) is 11.9 Å². The van der Waals surface area contributed by atoms with E-state index in [1.54, 1.807) is 17.8 Å². The quantitative estimate of drug-likeness (QED) is 0.462. The van der Waals surface area contributed by atoms with Gasteiger partial charge in [-0.25, -0.2) is 4.39 Å². The van der Waals surface area contributed by atoms with Crippen LogP contribution in [-0.4, -0.2) is 23.3 Å². The van der Waals surface area contributed by atoms with Crippen molar-refractivity contribution in [2.75, 3.05) is 5.75 Å². The van der Waals surface area contributed by atoms with E-state index in [0.717, 1.165) is 36.3 Å². The lowest BCUT2D eigenvalue weighted by atomic mass is 10.2. The maximum atomic E-state index is 13.3. The number of hydrogen-bond donors (Lipinski definition) is 1. The molecule has 2 nitrogen and oxygen atoms in total. The van der Waals surface area contributed by atoms with Crippen molar-refractivity contribution in [3.63, 3.8) is 0 Å². The van der Waals surface area contributed by atoms with Crippen LogP contribution >= 0.6 is 11.8 Å². The summed E-state index contributed by atoms with van der Waals surface area (Å²) in [5, 5.41) is 8.94. The van der Waals surface area contributed by atoms with Gasteiger partial charge in [-0.05, 0) is 30.7 Å². The Morgan fingerprint density at radius 2 is 2.00 bits per heavy atom. The fourth-order valence-electron chi connectivity index (χ4n) is 1.71. The Balaban J connectivity index is 1.52. The van der Waals surface area contributed by atoms with Crippen molar-refractivity contribution in [2.24, 2.45) is 0 Å². The fourth-order valence-corrected chi connectivity index (χ4v) is 2.66. The molecule has 4 heteroatoms. The molecular formula is C13H17FO2S. The van der Waals surface area contributed by atoms with E-state index in [2.05, 4.69) is 0 Å². The Labute approximate surface area is 105 Å². The number of epoxide rings is 1. The molecule has 0 spiro atoms. The molecule has 1 N–H and O–H groups in total. The monoisotopic (exact) mass is 256 g/mol. The van der Waals surface area contributed by atoms with Gasteiger partial charge in [0, 0.05) is 4.90 Å². The van der Waals surface area contributed by atoms with E-state index in [9.17, 15) is 4.39 Å². The number of aliphatic hydroxyl groups is 1. The van der Waals surface area contributed by atoms with Gasteiger partial charge in [-0.3, -0.25) is 0 Å². The maximum Gasteiger partial charge on any atom is 0.181 e. The zero-order valence-electron chi connectivity index (χ0n) is 9.64. The number of rotatable bonds is 7. The molecule has 1 aromatic rings. The van der Waals surface area contributed by atoms with Crippen LogP contribution in [0.15, 0.2) is 29.2 Å². The number of thioether (sulfide) groups is 1. The first-order valence-electron chi connectivity index (χ1n) is 5.98. The Morgan fingerprint density at radius 1 is 1.24 bits per heavy atom. The lowest BCUT2D eigenvalue weighted by Gasteiger charge is -2.02. The smallest absolute Gasteiger partial charge is 0.181 e. The molecule has 1 aliphatic rings. The van der Waals surface area contributed by atoms with Crippen LogP contribution in [0.2, 0.25) is 0 Å². The van der Waals surface area contributed by atoms with E-state index in [0.29, 0.717) is 0 Å². The first-order chi connectivity index (χ1) is 8.27. The van der Waals surface area contributed by atoms with E-state index in [1.165, 1.54) is 6.07 Å². The average Bonchev–Trinajstić information content (AvgIpc) is 3.02. The molecule has 94 valence electrons. The number of aliphatic hydroxyl groups excluding tert-OH is 1. The lowest BCUT2D eigenvalue weighted by molar-refractivity contribution is 0.156. The molecule has 2 atom stereocenters. The van der Waals surface area contributed by atoms with Crippen LogP contribution in [0.5, 0.6) is 0 Å². The van der Waals surface area contributed by atoms with E-state index in [1.807, 2.05) is 12.1 Å². The highest BCUT2D eigenvalue weighted by Crippen LogP contribution is 2.26.